The van der Waals surface area contributed by atoms with Crippen LogP contribution in [0.15, 0.2) is 41.2 Å². The van der Waals surface area contributed by atoms with Gasteiger partial charge in [-0.2, -0.15) is 0 Å². The number of rotatable bonds is 6. The number of benzene rings is 1. The van der Waals surface area contributed by atoms with E-state index in [1.54, 1.807) is 10.6 Å². The first-order valence-electron chi connectivity index (χ1n) is 10.2. The first-order chi connectivity index (χ1) is 13.9. The van der Waals surface area contributed by atoms with Crippen molar-refractivity contribution < 1.29 is 9.47 Å². The minimum Gasteiger partial charge on any atom is -0.491 e. The molecule has 1 saturated heterocycles. The van der Waals surface area contributed by atoms with E-state index >= 15 is 0 Å². The molecule has 2 aromatic rings. The molecule has 0 N–H and O–H groups in total. The lowest BCUT2D eigenvalue weighted by Gasteiger charge is -2.45. The van der Waals surface area contributed by atoms with Crippen molar-refractivity contribution in [2.75, 3.05) is 33.9 Å². The first-order valence-corrected chi connectivity index (χ1v) is 10.2. The van der Waals surface area contributed by atoms with E-state index in [0.29, 0.717) is 38.0 Å². The van der Waals surface area contributed by atoms with Crippen molar-refractivity contribution in [2.24, 2.45) is 5.92 Å². The highest BCUT2D eigenvalue weighted by Gasteiger charge is 2.41. The Labute approximate surface area is 172 Å². The van der Waals surface area contributed by atoms with E-state index in [2.05, 4.69) is 16.7 Å². The summed E-state index contributed by atoms with van der Waals surface area (Å²) in [5, 5.41) is 0. The van der Waals surface area contributed by atoms with Crippen molar-refractivity contribution in [2.45, 2.75) is 31.8 Å². The molecule has 1 aromatic heterocycles. The third-order valence-corrected chi connectivity index (χ3v) is 5.80. The second kappa shape index (κ2) is 8.06. The molecule has 0 amide bonds. The van der Waals surface area contributed by atoms with Gasteiger partial charge < -0.3 is 14.0 Å². The zero-order valence-electron chi connectivity index (χ0n) is 17.4. The Bertz CT molecular complexity index is 988. The number of hydrogen-bond acceptors (Lipinski definition) is 4. The minimum atomic E-state index is -0.104. The second-order valence-corrected chi connectivity index (χ2v) is 8.40. The summed E-state index contributed by atoms with van der Waals surface area (Å²) in [7, 11) is 4.05. The molecular formula is C24H28N2O3. The van der Waals surface area contributed by atoms with Crippen molar-refractivity contribution in [1.82, 2.24) is 9.47 Å². The van der Waals surface area contributed by atoms with Crippen LogP contribution in [0.2, 0.25) is 0 Å². The normalized spacial score (nSPS) is 17.4. The summed E-state index contributed by atoms with van der Waals surface area (Å²) in [5.41, 5.74) is 2.84. The van der Waals surface area contributed by atoms with Gasteiger partial charge in [-0.25, -0.2) is 0 Å². The van der Waals surface area contributed by atoms with E-state index in [9.17, 15) is 4.79 Å². The molecule has 1 aliphatic heterocycles. The average Bonchev–Trinajstić information content (AvgIpc) is 3.47. The second-order valence-electron chi connectivity index (χ2n) is 8.40. The van der Waals surface area contributed by atoms with Crippen LogP contribution in [0.5, 0.6) is 5.75 Å². The maximum atomic E-state index is 12.7. The van der Waals surface area contributed by atoms with Crippen LogP contribution in [0, 0.1) is 24.7 Å². The van der Waals surface area contributed by atoms with Crippen LogP contribution in [0.4, 0.5) is 0 Å². The molecule has 1 aliphatic carbocycles. The average molecular weight is 392 g/mol. The Morgan fingerprint density at radius 3 is 2.48 bits per heavy atom. The van der Waals surface area contributed by atoms with Gasteiger partial charge in [-0.05, 0) is 57.6 Å². The summed E-state index contributed by atoms with van der Waals surface area (Å²) in [6.07, 6.45) is 2.47. The van der Waals surface area contributed by atoms with Crippen LogP contribution in [0.1, 0.15) is 29.7 Å². The molecule has 152 valence electrons. The summed E-state index contributed by atoms with van der Waals surface area (Å²) < 4.78 is 13.1. The number of aromatic nitrogens is 1. The topological polar surface area (TPSA) is 43.7 Å². The first kappa shape index (κ1) is 19.8. The molecule has 0 atom stereocenters. The quantitative estimate of drug-likeness (QED) is 0.709. The van der Waals surface area contributed by atoms with Crippen molar-refractivity contribution in [3.05, 3.63) is 63.6 Å². The highest BCUT2D eigenvalue weighted by Crippen LogP contribution is 2.27. The Morgan fingerprint density at radius 1 is 1.21 bits per heavy atom. The highest BCUT2D eigenvalue weighted by molar-refractivity contribution is 5.37. The number of ether oxygens (including phenoxy) is 2. The molecule has 5 heteroatoms. The minimum absolute atomic E-state index is 0.0543. The molecule has 4 rings (SSSR count). The monoisotopic (exact) mass is 392 g/mol. The van der Waals surface area contributed by atoms with Crippen LogP contribution < -0.4 is 10.3 Å². The van der Waals surface area contributed by atoms with Gasteiger partial charge in [0, 0.05) is 23.2 Å². The van der Waals surface area contributed by atoms with Crippen LogP contribution in [-0.2, 0) is 11.3 Å². The van der Waals surface area contributed by atoms with Crippen molar-refractivity contribution in [1.29, 1.82) is 0 Å². The molecule has 0 radical (unpaired) electrons. The van der Waals surface area contributed by atoms with E-state index in [1.165, 1.54) is 12.8 Å². The van der Waals surface area contributed by atoms with Gasteiger partial charge in [0.15, 0.2) is 0 Å². The van der Waals surface area contributed by atoms with Gasteiger partial charge in [0.2, 0.25) is 0 Å². The molecule has 2 heterocycles. The van der Waals surface area contributed by atoms with Crippen LogP contribution in [-0.4, -0.2) is 48.9 Å². The molecule has 0 unspecified atom stereocenters. The molecular weight excluding hydrogens is 364 g/mol. The SMILES string of the molecule is Cc1cc(OCC2(N(C)C)COC2)cc(=O)n1Cc1ccc(C#CC2CC2)cc1. The Hall–Kier alpha value is -2.55. The summed E-state index contributed by atoms with van der Waals surface area (Å²) in [6, 6.07) is 11.7. The van der Waals surface area contributed by atoms with E-state index in [0.717, 1.165) is 16.8 Å². The molecule has 2 aliphatic rings. The van der Waals surface area contributed by atoms with Gasteiger partial charge in [0.1, 0.15) is 17.9 Å². The third-order valence-electron chi connectivity index (χ3n) is 5.80. The highest BCUT2D eigenvalue weighted by atomic mass is 16.5. The molecule has 1 aromatic carbocycles. The largest absolute Gasteiger partial charge is 0.491 e. The van der Waals surface area contributed by atoms with Gasteiger partial charge in [-0.1, -0.05) is 24.0 Å². The molecule has 29 heavy (non-hydrogen) atoms. The maximum absolute atomic E-state index is 12.7. The number of likely N-dealkylation sites (N-methyl/N-ethyl adjacent to an activating group) is 1. The fraction of sp³-hybridized carbons (Fsp3) is 0.458. The molecule has 0 spiro atoms. The zero-order valence-corrected chi connectivity index (χ0v) is 17.4. The molecule has 5 nitrogen and oxygen atoms in total. The van der Waals surface area contributed by atoms with Crippen LogP contribution >= 0.6 is 0 Å². The van der Waals surface area contributed by atoms with Gasteiger partial charge >= 0.3 is 0 Å². The molecule has 0 bridgehead atoms. The van der Waals surface area contributed by atoms with Gasteiger partial charge in [-0.3, -0.25) is 9.69 Å². The van der Waals surface area contributed by atoms with E-state index in [4.69, 9.17) is 9.47 Å². The predicted octanol–water partition coefficient (Wildman–Crippen LogP) is 2.68. The number of pyridine rings is 1. The van der Waals surface area contributed by atoms with E-state index in [1.807, 2.05) is 51.4 Å². The Kier molecular flexibility index (Phi) is 5.49. The molecule has 2 fully saturated rings. The number of aryl methyl sites for hydroxylation is 1. The smallest absolute Gasteiger partial charge is 0.254 e. The Balaban J connectivity index is 1.43. The predicted molar refractivity (Wildman–Crippen MR) is 113 cm³/mol. The Morgan fingerprint density at radius 2 is 1.93 bits per heavy atom. The standard InChI is InChI=1S/C24H28N2O3/c1-18-12-22(29-17-24(25(2)3)15-28-16-24)13-23(27)26(18)14-21-10-8-20(9-11-21)7-6-19-4-5-19/h8-13,19H,4-5,14-17H2,1-3H3. The lowest BCUT2D eigenvalue weighted by molar-refractivity contribution is -0.141. The van der Waals surface area contributed by atoms with Crippen LogP contribution in [0.3, 0.4) is 0 Å². The van der Waals surface area contributed by atoms with Crippen LogP contribution in [0.25, 0.3) is 0 Å². The van der Waals surface area contributed by atoms with E-state index in [-0.39, 0.29) is 11.1 Å². The van der Waals surface area contributed by atoms with Crippen molar-refractivity contribution in [3.63, 3.8) is 0 Å². The number of nitrogens with zero attached hydrogens (tertiary/aromatic N) is 2. The third kappa shape index (κ3) is 4.55. The lowest BCUT2D eigenvalue weighted by atomic mass is 9.97. The maximum Gasteiger partial charge on any atom is 0.254 e. The summed E-state index contributed by atoms with van der Waals surface area (Å²) >= 11 is 0. The fourth-order valence-corrected chi connectivity index (χ4v) is 3.30. The summed E-state index contributed by atoms with van der Waals surface area (Å²) in [6.45, 7) is 4.29. The van der Waals surface area contributed by atoms with Gasteiger partial charge in [-0.15, -0.1) is 0 Å². The van der Waals surface area contributed by atoms with Gasteiger partial charge in [0.25, 0.3) is 5.56 Å². The number of hydrogen-bond donors (Lipinski definition) is 0. The van der Waals surface area contributed by atoms with Crippen molar-refractivity contribution in [3.8, 4) is 17.6 Å². The summed E-state index contributed by atoms with van der Waals surface area (Å²) in [4.78, 5) is 14.8. The van der Waals surface area contributed by atoms with E-state index < -0.39 is 0 Å². The molecule has 1 saturated carbocycles. The van der Waals surface area contributed by atoms with Crippen molar-refractivity contribution >= 4 is 0 Å². The van der Waals surface area contributed by atoms with Gasteiger partial charge in [0.05, 0.1) is 19.8 Å². The lowest BCUT2D eigenvalue weighted by Crippen LogP contribution is -2.63. The fourth-order valence-electron chi connectivity index (χ4n) is 3.30. The summed E-state index contributed by atoms with van der Waals surface area (Å²) in [5.74, 6) is 7.71. The zero-order chi connectivity index (χ0) is 20.4.